The van der Waals surface area contributed by atoms with Crippen molar-refractivity contribution in [1.29, 1.82) is 0 Å². The number of aryl methyl sites for hydroxylation is 1. The standard InChI is InChI=1S/C19H20ClNO/c1-13(15-8-4-9-16(20)12-15)21-19(22)18-11-5-7-14-6-2-3-10-17(14)18/h2-4,6,8-10,12-13,18H,5,7,11H2,1H3,(H,21,22)/t13-,18-/m1/s1. The van der Waals surface area contributed by atoms with Crippen molar-refractivity contribution in [3.63, 3.8) is 0 Å². The van der Waals surface area contributed by atoms with Crippen LogP contribution >= 0.6 is 11.6 Å². The van der Waals surface area contributed by atoms with Gasteiger partial charge in [-0.3, -0.25) is 4.79 Å². The number of amides is 1. The number of halogens is 1. The molecule has 0 saturated heterocycles. The van der Waals surface area contributed by atoms with Crippen LogP contribution in [0.15, 0.2) is 48.5 Å². The molecule has 2 aromatic rings. The summed E-state index contributed by atoms with van der Waals surface area (Å²) in [7, 11) is 0. The summed E-state index contributed by atoms with van der Waals surface area (Å²) < 4.78 is 0. The van der Waals surface area contributed by atoms with E-state index in [-0.39, 0.29) is 17.9 Å². The van der Waals surface area contributed by atoms with E-state index in [0.29, 0.717) is 5.02 Å². The van der Waals surface area contributed by atoms with Gasteiger partial charge in [0.05, 0.1) is 12.0 Å². The highest BCUT2D eigenvalue weighted by molar-refractivity contribution is 6.30. The van der Waals surface area contributed by atoms with Gasteiger partial charge in [0.15, 0.2) is 0 Å². The maximum Gasteiger partial charge on any atom is 0.228 e. The molecule has 1 aliphatic carbocycles. The third-order valence-electron chi connectivity index (χ3n) is 4.39. The molecule has 114 valence electrons. The third-order valence-corrected chi connectivity index (χ3v) is 4.63. The molecule has 0 aromatic heterocycles. The Balaban J connectivity index is 1.75. The van der Waals surface area contributed by atoms with E-state index in [2.05, 4.69) is 17.4 Å². The highest BCUT2D eigenvalue weighted by Crippen LogP contribution is 2.32. The Bertz CT molecular complexity index is 683. The Labute approximate surface area is 136 Å². The second-order valence-electron chi connectivity index (χ2n) is 5.93. The Kier molecular flexibility index (Phi) is 4.49. The van der Waals surface area contributed by atoms with Crippen molar-refractivity contribution in [1.82, 2.24) is 5.32 Å². The van der Waals surface area contributed by atoms with Crippen LogP contribution in [-0.4, -0.2) is 5.91 Å². The Morgan fingerprint density at radius 3 is 2.86 bits per heavy atom. The second kappa shape index (κ2) is 6.53. The zero-order chi connectivity index (χ0) is 15.5. The zero-order valence-corrected chi connectivity index (χ0v) is 13.4. The summed E-state index contributed by atoms with van der Waals surface area (Å²) in [5, 5.41) is 3.83. The highest BCUT2D eigenvalue weighted by Gasteiger charge is 2.27. The highest BCUT2D eigenvalue weighted by atomic mass is 35.5. The maximum atomic E-state index is 12.7. The van der Waals surface area contributed by atoms with Gasteiger partial charge in [-0.05, 0) is 55.0 Å². The molecule has 0 bridgehead atoms. The molecular formula is C19H20ClNO. The summed E-state index contributed by atoms with van der Waals surface area (Å²) in [4.78, 5) is 12.7. The molecular weight excluding hydrogens is 294 g/mol. The van der Waals surface area contributed by atoms with E-state index in [1.165, 1.54) is 11.1 Å². The predicted octanol–water partition coefficient (Wildman–Crippen LogP) is 4.64. The molecule has 0 heterocycles. The molecule has 0 radical (unpaired) electrons. The van der Waals surface area contributed by atoms with Gasteiger partial charge in [0.2, 0.25) is 5.91 Å². The summed E-state index contributed by atoms with van der Waals surface area (Å²) >= 11 is 6.03. The fraction of sp³-hybridized carbons (Fsp3) is 0.316. The summed E-state index contributed by atoms with van der Waals surface area (Å²) in [5.74, 6) is 0.0752. The average Bonchev–Trinajstić information content (AvgIpc) is 2.54. The van der Waals surface area contributed by atoms with Crippen LogP contribution in [0.1, 0.15) is 48.4 Å². The quantitative estimate of drug-likeness (QED) is 0.879. The molecule has 2 atom stereocenters. The lowest BCUT2D eigenvalue weighted by Gasteiger charge is -2.26. The molecule has 0 fully saturated rings. The zero-order valence-electron chi connectivity index (χ0n) is 12.7. The molecule has 1 aliphatic rings. The molecule has 3 rings (SSSR count). The van der Waals surface area contributed by atoms with Crippen molar-refractivity contribution in [2.24, 2.45) is 0 Å². The topological polar surface area (TPSA) is 29.1 Å². The van der Waals surface area contributed by atoms with Crippen LogP contribution in [0.4, 0.5) is 0 Å². The average molecular weight is 314 g/mol. The normalized spacial score (nSPS) is 18.4. The van der Waals surface area contributed by atoms with Gasteiger partial charge in [-0.1, -0.05) is 48.0 Å². The maximum absolute atomic E-state index is 12.7. The van der Waals surface area contributed by atoms with Gasteiger partial charge in [-0.15, -0.1) is 0 Å². The predicted molar refractivity (Wildman–Crippen MR) is 90.1 cm³/mol. The van der Waals surface area contributed by atoms with Crippen molar-refractivity contribution in [2.45, 2.75) is 38.1 Å². The Morgan fingerprint density at radius 1 is 1.23 bits per heavy atom. The van der Waals surface area contributed by atoms with E-state index < -0.39 is 0 Å². The van der Waals surface area contributed by atoms with Gasteiger partial charge in [0.1, 0.15) is 0 Å². The lowest BCUT2D eigenvalue weighted by Crippen LogP contribution is -2.33. The largest absolute Gasteiger partial charge is 0.349 e. The summed E-state index contributed by atoms with van der Waals surface area (Å²) in [5.41, 5.74) is 3.53. The van der Waals surface area contributed by atoms with Gasteiger partial charge < -0.3 is 5.32 Å². The molecule has 0 aliphatic heterocycles. The van der Waals surface area contributed by atoms with Crippen molar-refractivity contribution in [3.8, 4) is 0 Å². The number of nitrogens with one attached hydrogen (secondary N) is 1. The minimum atomic E-state index is -0.0414. The summed E-state index contributed by atoms with van der Waals surface area (Å²) in [6.07, 6.45) is 3.07. The number of benzene rings is 2. The summed E-state index contributed by atoms with van der Waals surface area (Å²) in [6, 6.07) is 15.9. The minimum absolute atomic E-state index is 0.0356. The van der Waals surface area contributed by atoms with E-state index in [9.17, 15) is 4.79 Å². The lowest BCUT2D eigenvalue weighted by molar-refractivity contribution is -0.123. The van der Waals surface area contributed by atoms with Crippen LogP contribution in [0.25, 0.3) is 0 Å². The third kappa shape index (κ3) is 3.17. The number of carbonyl (C=O) groups is 1. The first-order chi connectivity index (χ1) is 10.6. The van der Waals surface area contributed by atoms with Crippen LogP contribution in [0.3, 0.4) is 0 Å². The van der Waals surface area contributed by atoms with Gasteiger partial charge in [-0.25, -0.2) is 0 Å². The first-order valence-corrected chi connectivity index (χ1v) is 8.16. The number of hydrogen-bond donors (Lipinski definition) is 1. The van der Waals surface area contributed by atoms with Crippen LogP contribution < -0.4 is 5.32 Å². The fourth-order valence-electron chi connectivity index (χ4n) is 3.20. The van der Waals surface area contributed by atoms with Crippen molar-refractivity contribution < 1.29 is 4.79 Å². The van der Waals surface area contributed by atoms with Crippen molar-refractivity contribution >= 4 is 17.5 Å². The Hall–Kier alpha value is -1.80. The molecule has 2 nitrogen and oxygen atoms in total. The number of fused-ring (bicyclic) bond motifs is 1. The molecule has 0 spiro atoms. The van der Waals surface area contributed by atoms with E-state index >= 15 is 0 Å². The molecule has 0 unspecified atom stereocenters. The number of rotatable bonds is 3. The van der Waals surface area contributed by atoms with E-state index in [0.717, 1.165) is 24.8 Å². The van der Waals surface area contributed by atoms with E-state index in [1.54, 1.807) is 0 Å². The summed E-state index contributed by atoms with van der Waals surface area (Å²) in [6.45, 7) is 2.00. The van der Waals surface area contributed by atoms with Gasteiger partial charge in [0, 0.05) is 5.02 Å². The SMILES string of the molecule is C[C@@H](NC(=O)[C@@H]1CCCc2ccccc21)c1cccc(Cl)c1. The molecule has 22 heavy (non-hydrogen) atoms. The van der Waals surface area contributed by atoms with Crippen LogP contribution in [0.5, 0.6) is 0 Å². The minimum Gasteiger partial charge on any atom is -0.349 e. The van der Waals surface area contributed by atoms with Crippen LogP contribution in [-0.2, 0) is 11.2 Å². The van der Waals surface area contributed by atoms with E-state index in [4.69, 9.17) is 11.6 Å². The van der Waals surface area contributed by atoms with Gasteiger partial charge in [-0.2, -0.15) is 0 Å². The Morgan fingerprint density at radius 2 is 2.05 bits per heavy atom. The van der Waals surface area contributed by atoms with Gasteiger partial charge >= 0.3 is 0 Å². The van der Waals surface area contributed by atoms with Crippen LogP contribution in [0.2, 0.25) is 5.02 Å². The number of hydrogen-bond acceptors (Lipinski definition) is 1. The monoisotopic (exact) mass is 313 g/mol. The second-order valence-corrected chi connectivity index (χ2v) is 6.37. The first-order valence-electron chi connectivity index (χ1n) is 7.79. The molecule has 1 amide bonds. The van der Waals surface area contributed by atoms with Crippen LogP contribution in [0, 0.1) is 0 Å². The molecule has 2 aromatic carbocycles. The number of carbonyl (C=O) groups excluding carboxylic acids is 1. The van der Waals surface area contributed by atoms with E-state index in [1.807, 2.05) is 43.3 Å². The lowest BCUT2D eigenvalue weighted by atomic mass is 9.82. The first kappa shape index (κ1) is 15.1. The molecule has 3 heteroatoms. The molecule has 0 saturated carbocycles. The van der Waals surface area contributed by atoms with Gasteiger partial charge in [0.25, 0.3) is 0 Å². The van der Waals surface area contributed by atoms with Crippen molar-refractivity contribution in [3.05, 3.63) is 70.2 Å². The smallest absolute Gasteiger partial charge is 0.228 e. The fourth-order valence-corrected chi connectivity index (χ4v) is 3.40. The molecule has 1 N–H and O–H groups in total. The van der Waals surface area contributed by atoms with Crippen molar-refractivity contribution in [2.75, 3.05) is 0 Å².